The minimum Gasteiger partial charge on any atom is -0.444 e. The van der Waals surface area contributed by atoms with E-state index in [1.807, 2.05) is 41.5 Å². The van der Waals surface area contributed by atoms with Gasteiger partial charge in [0.15, 0.2) is 0 Å². The quantitative estimate of drug-likeness (QED) is 0.762. The van der Waals surface area contributed by atoms with Crippen molar-refractivity contribution in [2.24, 2.45) is 5.73 Å². The molecule has 1 amide bonds. The van der Waals surface area contributed by atoms with E-state index in [1.54, 1.807) is 4.90 Å². The van der Waals surface area contributed by atoms with E-state index in [1.165, 1.54) is 0 Å². The van der Waals surface area contributed by atoms with Crippen LogP contribution in [0.15, 0.2) is 0 Å². The second-order valence-electron chi connectivity index (χ2n) is 6.03. The Bertz CT molecular complexity index is 295. The van der Waals surface area contributed by atoms with Gasteiger partial charge < -0.3 is 15.2 Å². The van der Waals surface area contributed by atoms with Crippen molar-refractivity contribution in [3.05, 3.63) is 0 Å². The Kier molecular flexibility index (Phi) is 3.74. The van der Waals surface area contributed by atoms with Crippen LogP contribution in [0.3, 0.4) is 0 Å². The second-order valence-corrected chi connectivity index (χ2v) is 6.03. The number of nitrogens with zero attached hydrogens (tertiary/aromatic N) is 1. The molecule has 0 aromatic heterocycles. The summed E-state index contributed by atoms with van der Waals surface area (Å²) in [5, 5.41) is 0. The molecule has 1 aliphatic rings. The Hall–Kier alpha value is -0.810. The van der Waals surface area contributed by atoms with Crippen LogP contribution in [0.25, 0.3) is 0 Å². The molecule has 100 valence electrons. The standard InChI is InChI=1S/C12H24N2O3/c1-8(13)9-7-16-12(5,6)14(9)10(15)17-11(2,3)4/h8-9H,7,13H2,1-6H3/t8-,9+/m0/s1. The molecular weight excluding hydrogens is 220 g/mol. The Labute approximate surface area is 103 Å². The van der Waals surface area contributed by atoms with Crippen LogP contribution in [0.4, 0.5) is 4.79 Å². The van der Waals surface area contributed by atoms with Gasteiger partial charge in [-0.3, -0.25) is 4.90 Å². The van der Waals surface area contributed by atoms with Crippen LogP contribution in [0.5, 0.6) is 0 Å². The highest BCUT2D eigenvalue weighted by atomic mass is 16.6. The van der Waals surface area contributed by atoms with Gasteiger partial charge >= 0.3 is 6.09 Å². The largest absolute Gasteiger partial charge is 0.444 e. The fourth-order valence-electron chi connectivity index (χ4n) is 1.89. The van der Waals surface area contributed by atoms with E-state index in [0.29, 0.717) is 6.61 Å². The lowest BCUT2D eigenvalue weighted by atomic mass is 10.1. The third kappa shape index (κ3) is 3.33. The van der Waals surface area contributed by atoms with Gasteiger partial charge in [-0.1, -0.05) is 0 Å². The van der Waals surface area contributed by atoms with Crippen LogP contribution in [0, 0.1) is 0 Å². The third-order valence-electron chi connectivity index (χ3n) is 2.72. The summed E-state index contributed by atoms with van der Waals surface area (Å²) in [6.07, 6.45) is -0.373. The van der Waals surface area contributed by atoms with E-state index in [9.17, 15) is 4.79 Å². The maximum Gasteiger partial charge on any atom is 0.412 e. The lowest BCUT2D eigenvalue weighted by Crippen LogP contribution is -2.54. The number of carbonyl (C=O) groups excluding carboxylic acids is 1. The molecule has 0 aliphatic carbocycles. The molecule has 1 saturated heterocycles. The minimum absolute atomic E-state index is 0.139. The first-order chi connectivity index (χ1) is 7.54. The predicted octanol–water partition coefficient (Wildman–Crippen LogP) is 1.71. The number of ether oxygens (including phenoxy) is 2. The molecule has 2 N–H and O–H groups in total. The molecule has 5 nitrogen and oxygen atoms in total. The number of carbonyl (C=O) groups is 1. The van der Waals surface area contributed by atoms with Crippen molar-refractivity contribution in [2.45, 2.75) is 65.0 Å². The molecule has 0 bridgehead atoms. The van der Waals surface area contributed by atoms with Crippen molar-refractivity contribution >= 4 is 6.09 Å². The summed E-state index contributed by atoms with van der Waals surface area (Å²) < 4.78 is 11.0. The number of amides is 1. The second kappa shape index (κ2) is 4.46. The third-order valence-corrected chi connectivity index (χ3v) is 2.72. The molecule has 0 unspecified atom stereocenters. The smallest absolute Gasteiger partial charge is 0.412 e. The van der Waals surface area contributed by atoms with E-state index in [0.717, 1.165) is 0 Å². The van der Waals surface area contributed by atoms with Gasteiger partial charge in [0, 0.05) is 6.04 Å². The summed E-state index contributed by atoms with van der Waals surface area (Å²) in [6.45, 7) is 11.5. The summed E-state index contributed by atoms with van der Waals surface area (Å²) in [5.74, 6) is 0. The summed E-state index contributed by atoms with van der Waals surface area (Å²) in [4.78, 5) is 13.8. The van der Waals surface area contributed by atoms with Crippen molar-refractivity contribution in [3.8, 4) is 0 Å². The summed E-state index contributed by atoms with van der Waals surface area (Å²) in [6, 6.07) is -0.288. The van der Waals surface area contributed by atoms with E-state index in [-0.39, 0.29) is 18.2 Å². The van der Waals surface area contributed by atoms with Crippen molar-refractivity contribution in [2.75, 3.05) is 6.61 Å². The highest BCUT2D eigenvalue weighted by Gasteiger charge is 2.46. The number of hydrogen-bond acceptors (Lipinski definition) is 4. The topological polar surface area (TPSA) is 64.8 Å². The lowest BCUT2D eigenvalue weighted by Gasteiger charge is -2.36. The molecular formula is C12H24N2O3. The Morgan fingerprint density at radius 3 is 2.47 bits per heavy atom. The van der Waals surface area contributed by atoms with Crippen LogP contribution in [0.2, 0.25) is 0 Å². The molecule has 0 spiro atoms. The Morgan fingerprint density at radius 2 is 2.06 bits per heavy atom. The number of hydrogen-bond donors (Lipinski definition) is 1. The van der Waals surface area contributed by atoms with Gasteiger partial charge in [0.25, 0.3) is 0 Å². The highest BCUT2D eigenvalue weighted by molar-refractivity contribution is 5.69. The molecule has 1 fully saturated rings. The first-order valence-corrected chi connectivity index (χ1v) is 5.96. The van der Waals surface area contributed by atoms with Gasteiger partial charge in [0.05, 0.1) is 12.6 Å². The van der Waals surface area contributed by atoms with Gasteiger partial charge in [0.2, 0.25) is 0 Å². The van der Waals surface area contributed by atoms with Crippen LogP contribution in [-0.4, -0.2) is 41.0 Å². The van der Waals surface area contributed by atoms with Crippen molar-refractivity contribution in [1.82, 2.24) is 4.90 Å². The molecule has 0 aromatic carbocycles. The first kappa shape index (κ1) is 14.3. The van der Waals surface area contributed by atoms with Gasteiger partial charge in [-0.15, -0.1) is 0 Å². The predicted molar refractivity (Wildman–Crippen MR) is 65.5 cm³/mol. The van der Waals surface area contributed by atoms with E-state index in [2.05, 4.69) is 0 Å². The molecule has 0 radical (unpaired) electrons. The zero-order valence-corrected chi connectivity index (χ0v) is 11.6. The zero-order valence-electron chi connectivity index (χ0n) is 11.6. The van der Waals surface area contributed by atoms with E-state index < -0.39 is 11.3 Å². The average molecular weight is 244 g/mol. The monoisotopic (exact) mass is 244 g/mol. The molecule has 2 atom stereocenters. The summed E-state index contributed by atoms with van der Waals surface area (Å²) in [5.41, 5.74) is 4.70. The number of nitrogens with two attached hydrogens (primary N) is 1. The fourth-order valence-corrected chi connectivity index (χ4v) is 1.89. The SMILES string of the molecule is C[C@H](N)[C@H]1COC(C)(C)N1C(=O)OC(C)(C)C. The molecule has 0 saturated carbocycles. The first-order valence-electron chi connectivity index (χ1n) is 5.96. The van der Waals surface area contributed by atoms with Crippen LogP contribution >= 0.6 is 0 Å². The molecule has 5 heteroatoms. The van der Waals surface area contributed by atoms with Gasteiger partial charge in [-0.05, 0) is 41.5 Å². The van der Waals surface area contributed by atoms with Crippen LogP contribution < -0.4 is 5.73 Å². The lowest BCUT2D eigenvalue weighted by molar-refractivity contribution is -0.0630. The minimum atomic E-state index is -0.666. The van der Waals surface area contributed by atoms with E-state index >= 15 is 0 Å². The van der Waals surface area contributed by atoms with Gasteiger partial charge in [-0.25, -0.2) is 4.79 Å². The molecule has 1 heterocycles. The number of rotatable bonds is 1. The van der Waals surface area contributed by atoms with Crippen molar-refractivity contribution in [1.29, 1.82) is 0 Å². The normalized spacial score (nSPS) is 25.8. The summed E-state index contributed by atoms with van der Waals surface area (Å²) >= 11 is 0. The molecule has 0 aromatic rings. The van der Waals surface area contributed by atoms with Crippen molar-refractivity contribution in [3.63, 3.8) is 0 Å². The van der Waals surface area contributed by atoms with E-state index in [4.69, 9.17) is 15.2 Å². The molecule has 17 heavy (non-hydrogen) atoms. The Balaban J connectivity index is 2.87. The maximum atomic E-state index is 12.2. The van der Waals surface area contributed by atoms with Gasteiger partial charge in [-0.2, -0.15) is 0 Å². The fraction of sp³-hybridized carbons (Fsp3) is 0.917. The zero-order chi connectivity index (χ0) is 13.4. The van der Waals surface area contributed by atoms with Gasteiger partial charge in [0.1, 0.15) is 11.3 Å². The molecule has 1 rings (SSSR count). The highest BCUT2D eigenvalue weighted by Crippen LogP contribution is 2.30. The average Bonchev–Trinajstić information content (AvgIpc) is 2.37. The van der Waals surface area contributed by atoms with Crippen molar-refractivity contribution < 1.29 is 14.3 Å². The summed E-state index contributed by atoms with van der Waals surface area (Å²) in [7, 11) is 0. The molecule has 1 aliphatic heterocycles. The Morgan fingerprint density at radius 1 is 1.53 bits per heavy atom. The maximum absolute atomic E-state index is 12.2. The van der Waals surface area contributed by atoms with Crippen LogP contribution in [-0.2, 0) is 9.47 Å². The van der Waals surface area contributed by atoms with Crippen LogP contribution in [0.1, 0.15) is 41.5 Å².